The first kappa shape index (κ1) is 13.5. The molecule has 1 aliphatic heterocycles. The van der Waals surface area contributed by atoms with Gasteiger partial charge in [-0.3, -0.25) is 0 Å². The SMILES string of the molecule is O=S1(=O)CCC(NCCc2ccc(Br)s2)CC1. The molecule has 1 saturated heterocycles. The molecule has 96 valence electrons. The van der Waals surface area contributed by atoms with Gasteiger partial charge in [-0.2, -0.15) is 0 Å². The van der Waals surface area contributed by atoms with Crippen LogP contribution < -0.4 is 5.32 Å². The lowest BCUT2D eigenvalue weighted by molar-refractivity contribution is 0.467. The Bertz CT molecular complexity index is 456. The van der Waals surface area contributed by atoms with Gasteiger partial charge in [0.1, 0.15) is 9.84 Å². The number of nitrogens with one attached hydrogen (secondary N) is 1. The van der Waals surface area contributed by atoms with Crippen LogP contribution in [0.1, 0.15) is 17.7 Å². The molecule has 0 bridgehead atoms. The molecule has 0 radical (unpaired) electrons. The van der Waals surface area contributed by atoms with E-state index in [1.807, 2.05) is 0 Å². The Morgan fingerprint density at radius 1 is 1.35 bits per heavy atom. The van der Waals surface area contributed by atoms with Gasteiger partial charge in [-0.25, -0.2) is 8.42 Å². The van der Waals surface area contributed by atoms with E-state index in [2.05, 4.69) is 33.4 Å². The lowest BCUT2D eigenvalue weighted by Gasteiger charge is -2.22. The zero-order valence-electron chi connectivity index (χ0n) is 9.49. The molecule has 0 amide bonds. The van der Waals surface area contributed by atoms with Crippen LogP contribution in [0.15, 0.2) is 15.9 Å². The Morgan fingerprint density at radius 2 is 2.06 bits per heavy atom. The molecule has 2 heterocycles. The van der Waals surface area contributed by atoms with Gasteiger partial charge >= 0.3 is 0 Å². The first-order valence-corrected chi connectivity index (χ1v) is 9.16. The van der Waals surface area contributed by atoms with Crippen LogP contribution in [0, 0.1) is 0 Å². The summed E-state index contributed by atoms with van der Waals surface area (Å²) in [4.78, 5) is 1.35. The minimum absolute atomic E-state index is 0.342. The van der Waals surface area contributed by atoms with Gasteiger partial charge in [0.2, 0.25) is 0 Å². The minimum atomic E-state index is -2.73. The Labute approximate surface area is 115 Å². The molecule has 1 aliphatic rings. The lowest BCUT2D eigenvalue weighted by Crippen LogP contribution is -2.38. The van der Waals surface area contributed by atoms with E-state index in [-0.39, 0.29) is 0 Å². The van der Waals surface area contributed by atoms with Crippen molar-refractivity contribution in [3.8, 4) is 0 Å². The third-order valence-corrected chi connectivity index (χ3v) is 6.39. The summed E-state index contributed by atoms with van der Waals surface area (Å²) in [6.07, 6.45) is 2.53. The molecule has 0 spiro atoms. The molecule has 0 saturated carbocycles. The van der Waals surface area contributed by atoms with Crippen LogP contribution in [-0.2, 0) is 16.3 Å². The number of rotatable bonds is 4. The molecule has 0 atom stereocenters. The van der Waals surface area contributed by atoms with E-state index in [4.69, 9.17) is 0 Å². The summed E-state index contributed by atoms with van der Waals surface area (Å²) in [5.74, 6) is 0.685. The van der Waals surface area contributed by atoms with Gasteiger partial charge in [-0.1, -0.05) is 0 Å². The van der Waals surface area contributed by atoms with Crippen LogP contribution in [0.5, 0.6) is 0 Å². The molecule has 0 unspecified atom stereocenters. The Kier molecular flexibility index (Phi) is 4.63. The summed E-state index contributed by atoms with van der Waals surface area (Å²) in [5.41, 5.74) is 0. The number of halogens is 1. The fourth-order valence-corrected chi connectivity index (χ4v) is 4.95. The summed E-state index contributed by atoms with van der Waals surface area (Å²) in [6, 6.07) is 4.57. The zero-order chi connectivity index (χ0) is 12.3. The molecule has 1 aromatic rings. The summed E-state index contributed by atoms with van der Waals surface area (Å²) < 4.78 is 23.7. The zero-order valence-corrected chi connectivity index (χ0v) is 12.7. The lowest BCUT2D eigenvalue weighted by atomic mass is 10.1. The van der Waals surface area contributed by atoms with Crippen molar-refractivity contribution in [3.05, 3.63) is 20.8 Å². The highest BCUT2D eigenvalue weighted by atomic mass is 79.9. The van der Waals surface area contributed by atoms with Crippen molar-refractivity contribution >= 4 is 37.1 Å². The molecule has 1 fully saturated rings. The van der Waals surface area contributed by atoms with Gasteiger partial charge in [0.05, 0.1) is 15.3 Å². The van der Waals surface area contributed by atoms with Crippen molar-refractivity contribution in [2.45, 2.75) is 25.3 Å². The van der Waals surface area contributed by atoms with Gasteiger partial charge in [0, 0.05) is 17.5 Å². The highest BCUT2D eigenvalue weighted by Crippen LogP contribution is 2.22. The van der Waals surface area contributed by atoms with E-state index in [0.29, 0.717) is 17.5 Å². The quantitative estimate of drug-likeness (QED) is 0.916. The average Bonchev–Trinajstić information content (AvgIpc) is 2.67. The van der Waals surface area contributed by atoms with Crippen LogP contribution >= 0.6 is 27.3 Å². The van der Waals surface area contributed by atoms with Crippen molar-refractivity contribution in [1.82, 2.24) is 5.32 Å². The number of sulfone groups is 1. The molecular formula is C11H16BrNO2S2. The van der Waals surface area contributed by atoms with Crippen molar-refractivity contribution in [1.29, 1.82) is 0 Å². The number of thiophene rings is 1. The Hall–Kier alpha value is 0.0900. The minimum Gasteiger partial charge on any atom is -0.314 e. The molecule has 2 rings (SSSR count). The average molecular weight is 338 g/mol. The first-order valence-electron chi connectivity index (χ1n) is 5.73. The second-order valence-electron chi connectivity index (χ2n) is 4.34. The number of hydrogen-bond donors (Lipinski definition) is 1. The van der Waals surface area contributed by atoms with Gasteiger partial charge in [-0.15, -0.1) is 11.3 Å². The fourth-order valence-electron chi connectivity index (χ4n) is 1.98. The third-order valence-electron chi connectivity index (χ3n) is 2.99. The van der Waals surface area contributed by atoms with Crippen molar-refractivity contribution in [2.24, 2.45) is 0 Å². The van der Waals surface area contributed by atoms with E-state index in [9.17, 15) is 8.42 Å². The highest BCUT2D eigenvalue weighted by molar-refractivity contribution is 9.11. The summed E-state index contributed by atoms with van der Waals surface area (Å²) in [6.45, 7) is 0.928. The second-order valence-corrected chi connectivity index (χ2v) is 9.19. The second kappa shape index (κ2) is 5.82. The van der Waals surface area contributed by atoms with Crippen molar-refractivity contribution < 1.29 is 8.42 Å². The van der Waals surface area contributed by atoms with E-state index in [1.165, 1.54) is 4.88 Å². The van der Waals surface area contributed by atoms with Crippen LogP contribution in [0.3, 0.4) is 0 Å². The maximum Gasteiger partial charge on any atom is 0.150 e. The maximum atomic E-state index is 11.3. The van der Waals surface area contributed by atoms with E-state index >= 15 is 0 Å². The predicted molar refractivity (Wildman–Crippen MR) is 75.4 cm³/mol. The standard InChI is InChI=1S/C11H16BrNO2S2/c12-11-2-1-10(16-11)3-6-13-9-4-7-17(14,15)8-5-9/h1-2,9,13H,3-8H2. The van der Waals surface area contributed by atoms with Crippen LogP contribution in [-0.4, -0.2) is 32.5 Å². The molecule has 17 heavy (non-hydrogen) atoms. The van der Waals surface area contributed by atoms with Crippen molar-refractivity contribution in [2.75, 3.05) is 18.1 Å². The van der Waals surface area contributed by atoms with Crippen molar-refractivity contribution in [3.63, 3.8) is 0 Å². The summed E-state index contributed by atoms with van der Waals surface area (Å²) in [7, 11) is -2.73. The predicted octanol–water partition coefficient (Wildman–Crippen LogP) is 2.22. The van der Waals surface area contributed by atoms with Gasteiger partial charge in [0.25, 0.3) is 0 Å². The van der Waals surface area contributed by atoms with Crippen LogP contribution in [0.25, 0.3) is 0 Å². The molecule has 6 heteroatoms. The fraction of sp³-hybridized carbons (Fsp3) is 0.636. The van der Waals surface area contributed by atoms with Gasteiger partial charge in [0.15, 0.2) is 0 Å². The molecule has 1 aromatic heterocycles. The van der Waals surface area contributed by atoms with Crippen LogP contribution in [0.2, 0.25) is 0 Å². The topological polar surface area (TPSA) is 46.2 Å². The molecule has 1 N–H and O–H groups in total. The molecule has 3 nitrogen and oxygen atoms in total. The molecular weight excluding hydrogens is 322 g/mol. The van der Waals surface area contributed by atoms with Crippen LogP contribution in [0.4, 0.5) is 0 Å². The normalized spacial score (nSPS) is 20.5. The Balaban J connectivity index is 1.70. The maximum absolute atomic E-state index is 11.3. The van der Waals surface area contributed by atoms with Gasteiger partial charge in [-0.05, 0) is 47.3 Å². The summed E-state index contributed by atoms with van der Waals surface area (Å²) >= 11 is 5.20. The van der Waals surface area contributed by atoms with E-state index < -0.39 is 9.84 Å². The van der Waals surface area contributed by atoms with Gasteiger partial charge < -0.3 is 5.32 Å². The number of hydrogen-bond acceptors (Lipinski definition) is 4. The highest BCUT2D eigenvalue weighted by Gasteiger charge is 2.22. The first-order chi connectivity index (χ1) is 8.05. The summed E-state index contributed by atoms with van der Waals surface area (Å²) in [5, 5.41) is 3.44. The van der Waals surface area contributed by atoms with E-state index in [0.717, 1.165) is 29.6 Å². The largest absolute Gasteiger partial charge is 0.314 e. The van der Waals surface area contributed by atoms with E-state index in [1.54, 1.807) is 11.3 Å². The Morgan fingerprint density at radius 3 is 2.65 bits per heavy atom. The molecule has 0 aliphatic carbocycles. The monoisotopic (exact) mass is 337 g/mol. The molecule has 0 aromatic carbocycles. The third kappa shape index (κ3) is 4.35. The smallest absolute Gasteiger partial charge is 0.150 e.